The smallest absolute Gasteiger partial charge is 0.257 e. The van der Waals surface area contributed by atoms with Crippen molar-refractivity contribution in [2.75, 3.05) is 69.4 Å². The van der Waals surface area contributed by atoms with E-state index in [9.17, 15) is 4.79 Å². The van der Waals surface area contributed by atoms with E-state index in [1.807, 2.05) is 35.2 Å². The molecule has 3 aromatic rings. The number of methoxy groups -OCH3 is 1. The van der Waals surface area contributed by atoms with Gasteiger partial charge < -0.3 is 28.9 Å². The molecule has 2 aromatic heterocycles. The number of amides is 1. The average molecular weight is 490 g/mol. The Morgan fingerprint density at radius 2 is 1.67 bits per heavy atom. The van der Waals surface area contributed by atoms with Gasteiger partial charge in [0.25, 0.3) is 5.91 Å². The maximum Gasteiger partial charge on any atom is 0.257 e. The van der Waals surface area contributed by atoms with Crippen molar-refractivity contribution < 1.29 is 19.0 Å². The molecular weight excluding hydrogens is 458 g/mol. The highest BCUT2D eigenvalue weighted by Crippen LogP contribution is 2.38. The van der Waals surface area contributed by atoms with Crippen LogP contribution in [0.25, 0.3) is 10.9 Å². The molecule has 3 aliphatic rings. The number of piperazine rings is 1. The number of fused-ring (bicyclic) bond motifs is 1. The predicted molar refractivity (Wildman–Crippen MR) is 137 cm³/mol. The maximum atomic E-state index is 13.9. The molecule has 1 spiro atoms. The number of ether oxygens (including phenoxy) is 3. The number of piperidine rings is 1. The lowest BCUT2D eigenvalue weighted by Crippen LogP contribution is -2.49. The Morgan fingerprint density at radius 3 is 2.36 bits per heavy atom. The fourth-order valence-corrected chi connectivity index (χ4v) is 5.53. The summed E-state index contributed by atoms with van der Waals surface area (Å²) < 4.78 is 17.4. The van der Waals surface area contributed by atoms with Crippen molar-refractivity contribution in [3.63, 3.8) is 0 Å². The van der Waals surface area contributed by atoms with Crippen LogP contribution in [-0.2, 0) is 9.47 Å². The van der Waals surface area contributed by atoms with E-state index in [1.165, 1.54) is 0 Å². The maximum absolute atomic E-state index is 13.9. The van der Waals surface area contributed by atoms with Crippen molar-refractivity contribution in [3.8, 4) is 5.75 Å². The molecule has 1 aromatic carbocycles. The Labute approximate surface area is 210 Å². The van der Waals surface area contributed by atoms with Gasteiger partial charge in [-0.2, -0.15) is 0 Å². The summed E-state index contributed by atoms with van der Waals surface area (Å²) in [5.41, 5.74) is 3.54. The monoisotopic (exact) mass is 489 g/mol. The number of rotatable bonds is 4. The molecule has 188 valence electrons. The molecule has 0 atom stereocenters. The van der Waals surface area contributed by atoms with E-state index < -0.39 is 5.79 Å². The van der Waals surface area contributed by atoms with Gasteiger partial charge in [-0.25, -0.2) is 0 Å². The number of anilines is 2. The van der Waals surface area contributed by atoms with Gasteiger partial charge in [0, 0.05) is 81.8 Å². The molecule has 5 heterocycles. The van der Waals surface area contributed by atoms with Crippen LogP contribution in [0.1, 0.15) is 23.2 Å². The van der Waals surface area contributed by atoms with E-state index in [0.717, 1.165) is 67.0 Å². The Kier molecular flexibility index (Phi) is 6.10. The van der Waals surface area contributed by atoms with Crippen LogP contribution in [0, 0.1) is 0 Å². The second kappa shape index (κ2) is 9.55. The number of hydrogen-bond donors (Lipinski definition) is 0. The summed E-state index contributed by atoms with van der Waals surface area (Å²) in [6.45, 7) is 5.64. The van der Waals surface area contributed by atoms with Crippen molar-refractivity contribution in [1.29, 1.82) is 0 Å². The van der Waals surface area contributed by atoms with Crippen molar-refractivity contribution in [2.24, 2.45) is 0 Å². The second-order valence-electron chi connectivity index (χ2n) is 9.48. The third-order valence-electron chi connectivity index (χ3n) is 7.53. The summed E-state index contributed by atoms with van der Waals surface area (Å²) in [6, 6.07) is 9.87. The molecule has 0 unspecified atom stereocenters. The minimum atomic E-state index is -0.482. The molecule has 6 rings (SSSR count). The lowest BCUT2D eigenvalue weighted by molar-refractivity contribution is -0.169. The molecule has 0 aliphatic carbocycles. The quantitative estimate of drug-likeness (QED) is 0.554. The molecule has 0 saturated carbocycles. The van der Waals surface area contributed by atoms with Gasteiger partial charge >= 0.3 is 0 Å². The van der Waals surface area contributed by atoms with Crippen molar-refractivity contribution in [3.05, 3.63) is 54.5 Å². The Morgan fingerprint density at radius 1 is 0.944 bits per heavy atom. The highest BCUT2D eigenvalue weighted by atomic mass is 16.7. The number of nitrogens with zero attached hydrogens (tertiary/aromatic N) is 5. The molecule has 0 N–H and O–H groups in total. The van der Waals surface area contributed by atoms with Crippen LogP contribution in [-0.4, -0.2) is 86.2 Å². The van der Waals surface area contributed by atoms with Gasteiger partial charge in [-0.05, 0) is 30.3 Å². The van der Waals surface area contributed by atoms with Crippen LogP contribution >= 0.6 is 0 Å². The summed E-state index contributed by atoms with van der Waals surface area (Å²) in [4.78, 5) is 29.2. The highest BCUT2D eigenvalue weighted by molar-refractivity contribution is 6.07. The summed E-state index contributed by atoms with van der Waals surface area (Å²) >= 11 is 0. The number of pyridine rings is 2. The zero-order chi connectivity index (χ0) is 24.5. The number of carbonyl (C=O) groups excluding carboxylic acids is 1. The first-order chi connectivity index (χ1) is 17.7. The lowest BCUT2D eigenvalue weighted by atomic mass is 9.99. The molecule has 0 bridgehead atoms. The number of carbonyl (C=O) groups is 1. The van der Waals surface area contributed by atoms with Crippen molar-refractivity contribution in [1.82, 2.24) is 14.9 Å². The average Bonchev–Trinajstić information content (AvgIpc) is 3.40. The zero-order valence-corrected chi connectivity index (χ0v) is 20.6. The van der Waals surface area contributed by atoms with E-state index in [4.69, 9.17) is 14.2 Å². The number of benzene rings is 1. The van der Waals surface area contributed by atoms with E-state index in [2.05, 4.69) is 19.8 Å². The highest BCUT2D eigenvalue weighted by Gasteiger charge is 2.41. The third-order valence-corrected chi connectivity index (χ3v) is 7.53. The minimum absolute atomic E-state index is 0.0188. The van der Waals surface area contributed by atoms with Crippen LogP contribution in [0.2, 0.25) is 0 Å². The minimum Gasteiger partial charge on any atom is -0.497 e. The van der Waals surface area contributed by atoms with Crippen LogP contribution in [0.4, 0.5) is 11.4 Å². The number of aromatic nitrogens is 2. The largest absolute Gasteiger partial charge is 0.497 e. The van der Waals surface area contributed by atoms with Gasteiger partial charge in [-0.3, -0.25) is 14.8 Å². The van der Waals surface area contributed by atoms with Crippen molar-refractivity contribution in [2.45, 2.75) is 18.6 Å². The molecule has 36 heavy (non-hydrogen) atoms. The topological polar surface area (TPSA) is 80.3 Å². The second-order valence-corrected chi connectivity index (χ2v) is 9.48. The number of hydrogen-bond acceptors (Lipinski definition) is 8. The molecule has 3 fully saturated rings. The predicted octanol–water partition coefficient (Wildman–Crippen LogP) is 2.94. The lowest BCUT2D eigenvalue weighted by Gasteiger charge is -2.40. The molecule has 1 amide bonds. The van der Waals surface area contributed by atoms with Crippen LogP contribution in [0.15, 0.2) is 48.9 Å². The fraction of sp³-hybridized carbons (Fsp3) is 0.444. The van der Waals surface area contributed by atoms with Gasteiger partial charge in [0.05, 0.1) is 37.1 Å². The van der Waals surface area contributed by atoms with E-state index in [-0.39, 0.29) is 5.91 Å². The zero-order valence-electron chi connectivity index (χ0n) is 20.6. The summed E-state index contributed by atoms with van der Waals surface area (Å²) in [7, 11) is 1.66. The third kappa shape index (κ3) is 4.22. The van der Waals surface area contributed by atoms with Gasteiger partial charge in [-0.1, -0.05) is 0 Å². The van der Waals surface area contributed by atoms with E-state index in [1.54, 1.807) is 25.7 Å². The fourth-order valence-electron chi connectivity index (χ4n) is 5.53. The molecule has 9 heteroatoms. The first-order valence-electron chi connectivity index (χ1n) is 12.6. The normalized spacial score (nSPS) is 19.8. The van der Waals surface area contributed by atoms with Crippen LogP contribution in [0.5, 0.6) is 5.75 Å². The van der Waals surface area contributed by atoms with Crippen molar-refractivity contribution >= 4 is 28.2 Å². The summed E-state index contributed by atoms with van der Waals surface area (Å²) in [5.74, 6) is 0.284. The summed E-state index contributed by atoms with van der Waals surface area (Å²) in [5, 5.41) is 0.930. The van der Waals surface area contributed by atoms with Crippen LogP contribution in [0.3, 0.4) is 0 Å². The Balaban J connectivity index is 1.30. The van der Waals surface area contributed by atoms with Gasteiger partial charge in [0.2, 0.25) is 0 Å². The van der Waals surface area contributed by atoms with Gasteiger partial charge in [0.1, 0.15) is 5.75 Å². The van der Waals surface area contributed by atoms with Gasteiger partial charge in [0.15, 0.2) is 5.79 Å². The molecule has 3 aliphatic heterocycles. The first-order valence-corrected chi connectivity index (χ1v) is 12.6. The molecule has 0 radical (unpaired) electrons. The van der Waals surface area contributed by atoms with E-state index >= 15 is 0 Å². The van der Waals surface area contributed by atoms with Gasteiger partial charge in [-0.15, -0.1) is 0 Å². The standard InChI is InChI=1S/C27H31N5O4/c1-34-21-2-3-24-22(18-21)25(31-10-6-27(7-11-31)35-16-17-36-27)23(19-29-24)26(33)32-14-12-30(13-15-32)20-4-8-28-9-5-20/h2-5,8-9,18-19H,6-7,10-17H2,1H3. The van der Waals surface area contributed by atoms with Crippen LogP contribution < -0.4 is 14.5 Å². The Bertz CT molecular complexity index is 1230. The first kappa shape index (κ1) is 23.0. The molecule has 9 nitrogen and oxygen atoms in total. The SMILES string of the molecule is COc1ccc2ncc(C(=O)N3CCN(c4ccncc4)CC3)c(N3CCC4(CC3)OCCO4)c2c1. The molecular formula is C27H31N5O4. The molecule has 3 saturated heterocycles. The summed E-state index contributed by atoms with van der Waals surface area (Å²) in [6.07, 6.45) is 6.88. The Hall–Kier alpha value is -3.43. The van der Waals surface area contributed by atoms with E-state index in [0.29, 0.717) is 31.9 Å².